The van der Waals surface area contributed by atoms with Gasteiger partial charge in [-0.05, 0) is 25.8 Å². The maximum atomic E-state index is 9.66. The van der Waals surface area contributed by atoms with Crippen LogP contribution in [0.5, 0.6) is 0 Å². The number of hydrogen-bond donors (Lipinski definition) is 3. The van der Waals surface area contributed by atoms with Crippen molar-refractivity contribution in [3.63, 3.8) is 0 Å². The van der Waals surface area contributed by atoms with Gasteiger partial charge in [-0.2, -0.15) is 0 Å². The largest absolute Gasteiger partial charge is 0.374 e. The zero-order chi connectivity index (χ0) is 8.32. The molecule has 1 aliphatic heterocycles. The van der Waals surface area contributed by atoms with Gasteiger partial charge in [0.1, 0.15) is 5.72 Å². The second-order valence-corrected chi connectivity index (χ2v) is 3.35. The van der Waals surface area contributed by atoms with Crippen LogP contribution in [0.4, 0.5) is 0 Å². The molecule has 2 unspecified atom stereocenters. The Hall–Kier alpha value is -0.120. The van der Waals surface area contributed by atoms with Crippen molar-refractivity contribution in [3.05, 3.63) is 0 Å². The van der Waals surface area contributed by atoms with E-state index in [1.807, 2.05) is 6.92 Å². The standard InChI is InChI=1S/C8H18N2O/c1-2-8(9,11)7-5-3-4-6-10-7/h7,10-11H,2-6,9H2,1H3. The summed E-state index contributed by atoms with van der Waals surface area (Å²) in [5.41, 5.74) is 4.68. The fourth-order valence-corrected chi connectivity index (χ4v) is 1.52. The Morgan fingerprint density at radius 2 is 2.36 bits per heavy atom. The van der Waals surface area contributed by atoms with Crippen molar-refractivity contribution < 1.29 is 5.11 Å². The van der Waals surface area contributed by atoms with Crippen LogP contribution < -0.4 is 11.1 Å². The number of nitrogens with one attached hydrogen (secondary N) is 1. The van der Waals surface area contributed by atoms with E-state index in [9.17, 15) is 5.11 Å². The van der Waals surface area contributed by atoms with Crippen LogP contribution in [-0.2, 0) is 0 Å². The molecule has 0 aliphatic carbocycles. The van der Waals surface area contributed by atoms with E-state index in [2.05, 4.69) is 5.32 Å². The predicted molar refractivity (Wildman–Crippen MR) is 45.1 cm³/mol. The summed E-state index contributed by atoms with van der Waals surface area (Å²) in [4.78, 5) is 0. The molecule has 0 bridgehead atoms. The van der Waals surface area contributed by atoms with Gasteiger partial charge in [-0.1, -0.05) is 13.3 Å². The zero-order valence-corrected chi connectivity index (χ0v) is 7.14. The number of piperidine rings is 1. The molecule has 0 aromatic heterocycles. The van der Waals surface area contributed by atoms with Gasteiger partial charge in [-0.15, -0.1) is 0 Å². The molecule has 3 nitrogen and oxygen atoms in total. The summed E-state index contributed by atoms with van der Waals surface area (Å²) in [5.74, 6) is 0. The van der Waals surface area contributed by atoms with E-state index in [-0.39, 0.29) is 6.04 Å². The minimum atomic E-state index is -1.000. The molecule has 1 fully saturated rings. The molecule has 1 rings (SSSR count). The van der Waals surface area contributed by atoms with Gasteiger partial charge in [0.2, 0.25) is 0 Å². The molecule has 1 aliphatic rings. The Morgan fingerprint density at radius 1 is 1.64 bits per heavy atom. The molecular weight excluding hydrogens is 140 g/mol. The van der Waals surface area contributed by atoms with Gasteiger partial charge in [0, 0.05) is 6.04 Å². The van der Waals surface area contributed by atoms with E-state index in [1.165, 1.54) is 12.8 Å². The first-order valence-electron chi connectivity index (χ1n) is 4.41. The van der Waals surface area contributed by atoms with Crippen LogP contribution in [0.15, 0.2) is 0 Å². The van der Waals surface area contributed by atoms with Crippen molar-refractivity contribution in [2.75, 3.05) is 6.54 Å². The first-order valence-corrected chi connectivity index (χ1v) is 4.41. The molecule has 3 heteroatoms. The molecule has 1 heterocycles. The van der Waals surface area contributed by atoms with Crippen LogP contribution in [0, 0.1) is 0 Å². The van der Waals surface area contributed by atoms with E-state index < -0.39 is 5.72 Å². The number of hydrogen-bond acceptors (Lipinski definition) is 3. The van der Waals surface area contributed by atoms with Crippen molar-refractivity contribution in [1.82, 2.24) is 5.32 Å². The molecule has 0 radical (unpaired) electrons. The highest BCUT2D eigenvalue weighted by atomic mass is 16.3. The van der Waals surface area contributed by atoms with Gasteiger partial charge >= 0.3 is 0 Å². The molecule has 0 aromatic carbocycles. The minimum Gasteiger partial charge on any atom is -0.374 e. The zero-order valence-electron chi connectivity index (χ0n) is 7.14. The van der Waals surface area contributed by atoms with Gasteiger partial charge in [-0.3, -0.25) is 0 Å². The van der Waals surface area contributed by atoms with E-state index >= 15 is 0 Å². The average molecular weight is 158 g/mol. The molecule has 0 spiro atoms. The maximum absolute atomic E-state index is 9.66. The molecule has 0 saturated carbocycles. The molecule has 11 heavy (non-hydrogen) atoms. The molecule has 4 N–H and O–H groups in total. The fourth-order valence-electron chi connectivity index (χ4n) is 1.52. The summed E-state index contributed by atoms with van der Waals surface area (Å²) in [7, 11) is 0. The third kappa shape index (κ3) is 2.15. The molecule has 1 saturated heterocycles. The van der Waals surface area contributed by atoms with Crippen LogP contribution in [0.2, 0.25) is 0 Å². The summed E-state index contributed by atoms with van der Waals surface area (Å²) in [6.45, 7) is 2.90. The summed E-state index contributed by atoms with van der Waals surface area (Å²) in [5, 5.41) is 12.9. The highest BCUT2D eigenvalue weighted by Crippen LogP contribution is 2.17. The molecular formula is C8H18N2O. The Balaban J connectivity index is 2.43. The van der Waals surface area contributed by atoms with Crippen molar-refractivity contribution in [3.8, 4) is 0 Å². The second-order valence-electron chi connectivity index (χ2n) is 3.35. The number of nitrogens with two attached hydrogens (primary N) is 1. The fraction of sp³-hybridized carbons (Fsp3) is 1.00. The number of rotatable bonds is 2. The lowest BCUT2D eigenvalue weighted by atomic mass is 9.94. The van der Waals surface area contributed by atoms with Crippen LogP contribution in [-0.4, -0.2) is 23.4 Å². The summed E-state index contributed by atoms with van der Waals surface area (Å²) in [6.07, 6.45) is 4.00. The minimum absolute atomic E-state index is 0.0984. The first-order chi connectivity index (χ1) is 5.17. The van der Waals surface area contributed by atoms with Gasteiger partial charge in [-0.25, -0.2) is 0 Å². The van der Waals surface area contributed by atoms with Gasteiger partial charge in [0.25, 0.3) is 0 Å². The van der Waals surface area contributed by atoms with Crippen molar-refractivity contribution in [1.29, 1.82) is 0 Å². The lowest BCUT2D eigenvalue weighted by molar-refractivity contribution is -0.00498. The summed E-state index contributed by atoms with van der Waals surface area (Å²) < 4.78 is 0. The Kier molecular flexibility index (Phi) is 2.87. The van der Waals surface area contributed by atoms with E-state index in [4.69, 9.17) is 5.73 Å². The topological polar surface area (TPSA) is 58.3 Å². The maximum Gasteiger partial charge on any atom is 0.128 e. The van der Waals surface area contributed by atoms with Gasteiger partial charge in [0.05, 0.1) is 0 Å². The summed E-state index contributed by atoms with van der Waals surface area (Å²) in [6, 6.07) is 0.0984. The number of aliphatic hydroxyl groups is 1. The summed E-state index contributed by atoms with van der Waals surface area (Å²) >= 11 is 0. The van der Waals surface area contributed by atoms with Gasteiger partial charge < -0.3 is 16.2 Å². The Labute approximate surface area is 68.0 Å². The predicted octanol–water partition coefficient (Wildman–Crippen LogP) is 0.186. The SMILES string of the molecule is CCC(N)(O)C1CCCCN1. The van der Waals surface area contributed by atoms with Crippen molar-refractivity contribution in [2.45, 2.75) is 44.4 Å². The van der Waals surface area contributed by atoms with Crippen molar-refractivity contribution >= 4 is 0 Å². The second kappa shape index (κ2) is 3.52. The van der Waals surface area contributed by atoms with E-state index in [0.29, 0.717) is 6.42 Å². The van der Waals surface area contributed by atoms with E-state index in [0.717, 1.165) is 13.0 Å². The third-order valence-electron chi connectivity index (χ3n) is 2.48. The normalized spacial score (nSPS) is 31.4. The third-order valence-corrected chi connectivity index (χ3v) is 2.48. The van der Waals surface area contributed by atoms with Crippen LogP contribution in [0.25, 0.3) is 0 Å². The van der Waals surface area contributed by atoms with Crippen molar-refractivity contribution in [2.24, 2.45) is 5.73 Å². The molecule has 66 valence electrons. The average Bonchev–Trinajstić information content (AvgIpc) is 2.06. The highest BCUT2D eigenvalue weighted by Gasteiger charge is 2.31. The van der Waals surface area contributed by atoms with Crippen LogP contribution >= 0.6 is 0 Å². The van der Waals surface area contributed by atoms with E-state index in [1.54, 1.807) is 0 Å². The van der Waals surface area contributed by atoms with Crippen LogP contribution in [0.1, 0.15) is 32.6 Å². The monoisotopic (exact) mass is 158 g/mol. The smallest absolute Gasteiger partial charge is 0.128 e. The van der Waals surface area contributed by atoms with Crippen LogP contribution in [0.3, 0.4) is 0 Å². The first kappa shape index (κ1) is 8.97. The molecule has 0 aromatic rings. The highest BCUT2D eigenvalue weighted by molar-refractivity contribution is 4.87. The lowest BCUT2D eigenvalue weighted by Gasteiger charge is -2.35. The Bertz CT molecular complexity index is 119. The van der Waals surface area contributed by atoms with Gasteiger partial charge in [0.15, 0.2) is 0 Å². The lowest BCUT2D eigenvalue weighted by Crippen LogP contribution is -2.58. The molecule has 0 amide bonds. The molecule has 2 atom stereocenters. The quantitative estimate of drug-likeness (QED) is 0.503. The Morgan fingerprint density at radius 3 is 2.82 bits per heavy atom.